The first kappa shape index (κ1) is 18.3. The van der Waals surface area contributed by atoms with Crippen molar-refractivity contribution >= 4 is 22.6 Å². The summed E-state index contributed by atoms with van der Waals surface area (Å²) in [6.07, 6.45) is 2.60. The van der Waals surface area contributed by atoms with Crippen molar-refractivity contribution in [1.29, 1.82) is 0 Å². The summed E-state index contributed by atoms with van der Waals surface area (Å²) < 4.78 is 0. The van der Waals surface area contributed by atoms with Gasteiger partial charge in [0.1, 0.15) is 5.82 Å². The summed E-state index contributed by atoms with van der Waals surface area (Å²) in [5.41, 5.74) is 4.63. The number of aryl methyl sites for hydroxylation is 2. The summed E-state index contributed by atoms with van der Waals surface area (Å²) >= 11 is 0. The quantitative estimate of drug-likeness (QED) is 0.692. The number of imidazole rings is 1. The Kier molecular flexibility index (Phi) is 4.68. The lowest BCUT2D eigenvalue weighted by molar-refractivity contribution is -0.121. The maximum absolute atomic E-state index is 12.9. The van der Waals surface area contributed by atoms with Crippen LogP contribution in [0.15, 0.2) is 42.5 Å². The first-order valence-electron chi connectivity index (χ1n) is 9.85. The maximum Gasteiger partial charge on any atom is 0.238 e. The van der Waals surface area contributed by atoms with Crippen LogP contribution >= 0.6 is 0 Å². The van der Waals surface area contributed by atoms with Crippen molar-refractivity contribution in [3.05, 3.63) is 59.4 Å². The van der Waals surface area contributed by atoms with Gasteiger partial charge in [-0.05, 0) is 43.5 Å². The molecule has 0 saturated carbocycles. The van der Waals surface area contributed by atoms with E-state index in [0.717, 1.165) is 47.4 Å². The van der Waals surface area contributed by atoms with Gasteiger partial charge in [-0.1, -0.05) is 43.2 Å². The van der Waals surface area contributed by atoms with Crippen LogP contribution in [-0.2, 0) is 23.1 Å². The van der Waals surface area contributed by atoms with Crippen molar-refractivity contribution < 1.29 is 4.79 Å². The Labute approximate surface area is 166 Å². The fourth-order valence-corrected chi connectivity index (χ4v) is 3.83. The van der Waals surface area contributed by atoms with E-state index in [1.165, 1.54) is 5.56 Å². The summed E-state index contributed by atoms with van der Waals surface area (Å²) in [5, 5.41) is 0. The predicted octanol–water partition coefficient (Wildman–Crippen LogP) is 4.39. The van der Waals surface area contributed by atoms with E-state index < -0.39 is 5.41 Å². The van der Waals surface area contributed by atoms with Crippen LogP contribution in [0.25, 0.3) is 11.0 Å². The number of fused-ring (bicyclic) bond motifs is 2. The van der Waals surface area contributed by atoms with Crippen molar-refractivity contribution in [1.82, 2.24) is 9.97 Å². The van der Waals surface area contributed by atoms with E-state index in [1.807, 2.05) is 32.9 Å². The third kappa shape index (κ3) is 3.18. The van der Waals surface area contributed by atoms with Crippen molar-refractivity contribution in [2.45, 2.75) is 45.4 Å². The third-order valence-electron chi connectivity index (χ3n) is 5.42. The average molecular weight is 371 g/mol. The number of aromatic amines is 1. The second kappa shape index (κ2) is 7.16. The van der Waals surface area contributed by atoms with Gasteiger partial charge in [0.05, 0.1) is 28.7 Å². The van der Waals surface area contributed by atoms with Gasteiger partial charge in [0, 0.05) is 12.8 Å². The summed E-state index contributed by atoms with van der Waals surface area (Å²) in [5.74, 6) is 7.24. The molecule has 0 bridgehead atoms. The molecule has 0 radical (unpaired) electrons. The molecule has 0 fully saturated rings. The Hall–Kier alpha value is -3.06. The van der Waals surface area contributed by atoms with E-state index in [-0.39, 0.29) is 5.91 Å². The molecule has 0 aliphatic carbocycles. The molecule has 1 aromatic heterocycles. The van der Waals surface area contributed by atoms with E-state index in [0.29, 0.717) is 6.54 Å². The molecule has 2 heterocycles. The fourth-order valence-electron chi connectivity index (χ4n) is 3.83. The number of hydrogen-bond acceptors (Lipinski definition) is 2. The van der Waals surface area contributed by atoms with E-state index >= 15 is 0 Å². The number of aromatic nitrogens is 2. The van der Waals surface area contributed by atoms with Crippen LogP contribution in [0.3, 0.4) is 0 Å². The lowest BCUT2D eigenvalue weighted by atomic mass is 9.86. The van der Waals surface area contributed by atoms with Gasteiger partial charge in [0.2, 0.25) is 5.91 Å². The summed E-state index contributed by atoms with van der Waals surface area (Å²) in [4.78, 5) is 23.0. The largest absolute Gasteiger partial charge is 0.342 e. The molecule has 28 heavy (non-hydrogen) atoms. The number of anilines is 1. The molecular formula is C24H25N3O. The van der Waals surface area contributed by atoms with Crippen molar-refractivity contribution in [2.24, 2.45) is 0 Å². The van der Waals surface area contributed by atoms with Crippen molar-refractivity contribution in [3.63, 3.8) is 0 Å². The first-order valence-corrected chi connectivity index (χ1v) is 9.85. The van der Waals surface area contributed by atoms with Gasteiger partial charge in [-0.15, -0.1) is 5.92 Å². The monoisotopic (exact) mass is 371 g/mol. The zero-order chi connectivity index (χ0) is 19.7. The highest BCUT2D eigenvalue weighted by molar-refractivity contribution is 6.09. The van der Waals surface area contributed by atoms with E-state index in [9.17, 15) is 4.79 Å². The minimum absolute atomic E-state index is 0.102. The lowest BCUT2D eigenvalue weighted by Crippen LogP contribution is -2.36. The van der Waals surface area contributed by atoms with Gasteiger partial charge < -0.3 is 4.98 Å². The molecule has 0 unspecified atom stereocenters. The predicted molar refractivity (Wildman–Crippen MR) is 113 cm³/mol. The van der Waals surface area contributed by atoms with Gasteiger partial charge in [-0.3, -0.25) is 9.69 Å². The normalized spacial score (nSPS) is 14.8. The topological polar surface area (TPSA) is 49.0 Å². The van der Waals surface area contributed by atoms with Crippen LogP contribution in [0, 0.1) is 11.8 Å². The van der Waals surface area contributed by atoms with Gasteiger partial charge in [0.15, 0.2) is 0 Å². The lowest BCUT2D eigenvalue weighted by Gasteiger charge is -2.18. The van der Waals surface area contributed by atoms with Crippen LogP contribution < -0.4 is 4.90 Å². The number of amides is 1. The molecule has 0 spiro atoms. The molecule has 1 N–H and O–H groups in total. The molecule has 3 aromatic rings. The van der Waals surface area contributed by atoms with Crippen LogP contribution in [0.1, 0.15) is 44.1 Å². The molecule has 4 heteroatoms. The van der Waals surface area contributed by atoms with Crippen LogP contribution in [0.4, 0.5) is 5.69 Å². The van der Waals surface area contributed by atoms with Crippen LogP contribution in [0.5, 0.6) is 0 Å². The Balaban J connectivity index is 1.66. The molecule has 1 aliphatic rings. The number of rotatable bonds is 4. The molecule has 142 valence electrons. The van der Waals surface area contributed by atoms with E-state index in [2.05, 4.69) is 47.2 Å². The Morgan fingerprint density at radius 2 is 1.89 bits per heavy atom. The van der Waals surface area contributed by atoms with Gasteiger partial charge in [-0.25, -0.2) is 4.98 Å². The van der Waals surface area contributed by atoms with E-state index in [4.69, 9.17) is 4.98 Å². The van der Waals surface area contributed by atoms with Gasteiger partial charge in [0.25, 0.3) is 0 Å². The zero-order valence-electron chi connectivity index (χ0n) is 16.7. The highest BCUT2D eigenvalue weighted by atomic mass is 16.2. The van der Waals surface area contributed by atoms with E-state index in [1.54, 1.807) is 4.90 Å². The molecule has 4 rings (SSSR count). The average Bonchev–Trinajstić information content (AvgIpc) is 3.18. The van der Waals surface area contributed by atoms with Crippen molar-refractivity contribution in [2.75, 3.05) is 11.4 Å². The maximum atomic E-state index is 12.9. The minimum Gasteiger partial charge on any atom is -0.342 e. The highest BCUT2D eigenvalue weighted by Crippen LogP contribution is 2.43. The number of carbonyl (C=O) groups excluding carboxylic acids is 1. The first-order chi connectivity index (χ1) is 13.5. The number of H-pyrrole nitrogens is 1. The Morgan fingerprint density at radius 3 is 2.64 bits per heavy atom. The summed E-state index contributed by atoms with van der Waals surface area (Å²) in [6, 6.07) is 14.6. The number of benzene rings is 2. The second-order valence-electron chi connectivity index (χ2n) is 7.78. The number of nitrogens with one attached hydrogen (secondary N) is 1. The van der Waals surface area contributed by atoms with Crippen LogP contribution in [0.2, 0.25) is 0 Å². The second-order valence-corrected chi connectivity index (χ2v) is 7.78. The molecular weight excluding hydrogens is 346 g/mol. The number of nitrogens with zero attached hydrogens (tertiary/aromatic N) is 2. The van der Waals surface area contributed by atoms with Gasteiger partial charge >= 0.3 is 0 Å². The number of carbonyl (C=O) groups is 1. The molecule has 1 amide bonds. The summed E-state index contributed by atoms with van der Waals surface area (Å²) in [7, 11) is 0. The molecule has 0 atom stereocenters. The Bertz CT molecular complexity index is 1080. The molecule has 2 aromatic carbocycles. The standard InChI is InChI=1S/C24H25N3O/c1-4-5-9-14-27-21-16-20-19(15-18(21)24(2,3)23(27)28)25-22(26-20)13-12-17-10-7-6-8-11-17/h6-8,10-11,15-16H,4,12-14H2,1-3H3,(H,25,26). The van der Waals surface area contributed by atoms with Crippen molar-refractivity contribution in [3.8, 4) is 11.8 Å². The fraction of sp³-hybridized carbons (Fsp3) is 0.333. The Morgan fingerprint density at radius 1 is 1.11 bits per heavy atom. The smallest absolute Gasteiger partial charge is 0.238 e. The third-order valence-corrected chi connectivity index (χ3v) is 5.42. The minimum atomic E-state index is -0.549. The highest BCUT2D eigenvalue weighted by Gasteiger charge is 2.44. The van der Waals surface area contributed by atoms with Crippen LogP contribution in [-0.4, -0.2) is 22.4 Å². The summed E-state index contributed by atoms with van der Waals surface area (Å²) in [6.45, 7) is 6.42. The number of hydrogen-bond donors (Lipinski definition) is 1. The molecule has 0 saturated heterocycles. The zero-order valence-corrected chi connectivity index (χ0v) is 16.7. The SMILES string of the molecule is CCC#CCN1C(=O)C(C)(C)c2cc3[nH]c(CCc4ccccc4)nc3cc21. The molecule has 1 aliphatic heterocycles. The molecule has 4 nitrogen and oxygen atoms in total. The van der Waals surface area contributed by atoms with Gasteiger partial charge in [-0.2, -0.15) is 0 Å².